The van der Waals surface area contributed by atoms with Crippen molar-refractivity contribution in [2.24, 2.45) is 5.73 Å². The van der Waals surface area contributed by atoms with Gasteiger partial charge in [0.05, 0.1) is 0 Å². The average molecular weight is 223 g/mol. The van der Waals surface area contributed by atoms with Crippen molar-refractivity contribution in [1.29, 1.82) is 0 Å². The van der Waals surface area contributed by atoms with E-state index in [1.807, 2.05) is 0 Å². The highest BCUT2D eigenvalue weighted by Gasteiger charge is 2.21. The minimum Gasteiger partial charge on any atom is -0.363 e. The van der Waals surface area contributed by atoms with Crippen LogP contribution in [0.15, 0.2) is 18.3 Å². The number of nitrogens with zero attached hydrogens (tertiary/aromatic N) is 1. The molecule has 0 radical (unpaired) electrons. The van der Waals surface area contributed by atoms with Gasteiger partial charge in [0, 0.05) is 18.3 Å². The lowest BCUT2D eigenvalue weighted by atomic mass is 10.0. The highest BCUT2D eigenvalue weighted by molar-refractivity contribution is 5.37. The van der Waals surface area contributed by atoms with Gasteiger partial charge in [-0.05, 0) is 25.0 Å². The molecule has 2 unspecified atom stereocenters. The number of nitrogens with two attached hydrogens (primary N) is 1. The Morgan fingerprint density at radius 3 is 2.94 bits per heavy atom. The first kappa shape index (κ1) is 11.3. The first-order valence-corrected chi connectivity index (χ1v) is 5.90. The number of nitrogens with one attached hydrogen (secondary N) is 1. The number of anilines is 1. The van der Waals surface area contributed by atoms with Crippen LogP contribution < -0.4 is 11.1 Å². The quantitative estimate of drug-likeness (QED) is 0.756. The molecule has 4 heteroatoms. The molecule has 16 heavy (non-hydrogen) atoms. The van der Waals surface area contributed by atoms with Crippen LogP contribution in [0.3, 0.4) is 0 Å². The summed E-state index contributed by atoms with van der Waals surface area (Å²) in [7, 11) is 0. The highest BCUT2D eigenvalue weighted by Crippen LogP contribution is 2.20. The van der Waals surface area contributed by atoms with Gasteiger partial charge in [-0.25, -0.2) is 9.37 Å². The van der Waals surface area contributed by atoms with Crippen molar-refractivity contribution in [2.45, 2.75) is 44.2 Å². The SMILES string of the molecule is NC1CCCCCC1Nc1ncccc1F. The van der Waals surface area contributed by atoms with E-state index in [0.29, 0.717) is 5.82 Å². The van der Waals surface area contributed by atoms with Crippen LogP contribution >= 0.6 is 0 Å². The second-order valence-corrected chi connectivity index (χ2v) is 4.39. The third-order valence-corrected chi connectivity index (χ3v) is 3.15. The van der Waals surface area contributed by atoms with Crippen LogP contribution in [-0.2, 0) is 0 Å². The van der Waals surface area contributed by atoms with E-state index in [0.717, 1.165) is 19.3 Å². The van der Waals surface area contributed by atoms with Gasteiger partial charge in [-0.2, -0.15) is 0 Å². The molecule has 1 aliphatic rings. The molecule has 88 valence electrons. The van der Waals surface area contributed by atoms with Gasteiger partial charge >= 0.3 is 0 Å². The van der Waals surface area contributed by atoms with Gasteiger partial charge in [0.2, 0.25) is 0 Å². The Labute approximate surface area is 95.3 Å². The molecule has 1 fully saturated rings. The Balaban J connectivity index is 2.05. The minimum atomic E-state index is -0.307. The van der Waals surface area contributed by atoms with Crippen molar-refractivity contribution in [3.63, 3.8) is 0 Å². The van der Waals surface area contributed by atoms with E-state index in [4.69, 9.17) is 5.73 Å². The van der Waals surface area contributed by atoms with E-state index >= 15 is 0 Å². The van der Waals surface area contributed by atoms with E-state index in [1.54, 1.807) is 12.3 Å². The average Bonchev–Trinajstić information content (AvgIpc) is 2.48. The third kappa shape index (κ3) is 2.70. The molecule has 0 spiro atoms. The maximum atomic E-state index is 13.4. The molecule has 1 aromatic heterocycles. The summed E-state index contributed by atoms with van der Waals surface area (Å²) in [6.45, 7) is 0. The second-order valence-electron chi connectivity index (χ2n) is 4.39. The van der Waals surface area contributed by atoms with Crippen molar-refractivity contribution >= 4 is 5.82 Å². The van der Waals surface area contributed by atoms with E-state index < -0.39 is 0 Å². The molecular weight excluding hydrogens is 205 g/mol. The number of pyridine rings is 1. The summed E-state index contributed by atoms with van der Waals surface area (Å²) in [6, 6.07) is 3.25. The van der Waals surface area contributed by atoms with Crippen LogP contribution in [0.1, 0.15) is 32.1 Å². The lowest BCUT2D eigenvalue weighted by Crippen LogP contribution is -2.39. The molecule has 0 aliphatic heterocycles. The Morgan fingerprint density at radius 2 is 2.12 bits per heavy atom. The molecule has 2 atom stereocenters. The van der Waals surface area contributed by atoms with Gasteiger partial charge in [0.15, 0.2) is 11.6 Å². The van der Waals surface area contributed by atoms with E-state index in [1.165, 1.54) is 18.9 Å². The zero-order valence-electron chi connectivity index (χ0n) is 9.32. The number of rotatable bonds is 2. The zero-order valence-corrected chi connectivity index (χ0v) is 9.32. The van der Waals surface area contributed by atoms with Gasteiger partial charge in [0.25, 0.3) is 0 Å². The monoisotopic (exact) mass is 223 g/mol. The largest absolute Gasteiger partial charge is 0.363 e. The highest BCUT2D eigenvalue weighted by atomic mass is 19.1. The molecule has 1 heterocycles. The molecule has 1 aromatic rings. The zero-order chi connectivity index (χ0) is 11.4. The lowest BCUT2D eigenvalue weighted by Gasteiger charge is -2.23. The van der Waals surface area contributed by atoms with E-state index in [2.05, 4.69) is 10.3 Å². The number of hydrogen-bond donors (Lipinski definition) is 2. The molecule has 0 saturated heterocycles. The molecule has 0 bridgehead atoms. The summed E-state index contributed by atoms with van der Waals surface area (Å²) >= 11 is 0. The smallest absolute Gasteiger partial charge is 0.165 e. The molecule has 3 nitrogen and oxygen atoms in total. The molecule has 3 N–H and O–H groups in total. The Hall–Kier alpha value is -1.16. The van der Waals surface area contributed by atoms with Crippen LogP contribution in [0, 0.1) is 5.82 Å². The standard InChI is InChI=1S/C12H18FN3/c13-9-5-4-8-15-12(9)16-11-7-3-1-2-6-10(11)14/h4-5,8,10-11H,1-3,6-7,14H2,(H,15,16). The summed E-state index contributed by atoms with van der Waals surface area (Å²) in [5, 5.41) is 3.13. The van der Waals surface area contributed by atoms with Gasteiger partial charge in [-0.3, -0.25) is 0 Å². The van der Waals surface area contributed by atoms with Crippen LogP contribution in [0.2, 0.25) is 0 Å². The lowest BCUT2D eigenvalue weighted by molar-refractivity contribution is 0.521. The predicted molar refractivity (Wildman–Crippen MR) is 62.7 cm³/mol. The summed E-state index contributed by atoms with van der Waals surface area (Å²) in [5.41, 5.74) is 6.06. The van der Waals surface area contributed by atoms with Gasteiger partial charge in [-0.15, -0.1) is 0 Å². The van der Waals surface area contributed by atoms with Crippen LogP contribution in [0.5, 0.6) is 0 Å². The van der Waals surface area contributed by atoms with Crippen molar-refractivity contribution in [1.82, 2.24) is 4.98 Å². The molecule has 1 aliphatic carbocycles. The maximum absolute atomic E-state index is 13.4. The molecule has 0 amide bonds. The van der Waals surface area contributed by atoms with Gasteiger partial charge in [0.1, 0.15) is 0 Å². The van der Waals surface area contributed by atoms with Crippen LogP contribution in [-0.4, -0.2) is 17.1 Å². The Kier molecular flexibility index (Phi) is 3.72. The number of halogens is 1. The normalized spacial score (nSPS) is 26.1. The van der Waals surface area contributed by atoms with Crippen molar-refractivity contribution < 1.29 is 4.39 Å². The third-order valence-electron chi connectivity index (χ3n) is 3.15. The fourth-order valence-corrected chi connectivity index (χ4v) is 2.18. The van der Waals surface area contributed by atoms with Crippen molar-refractivity contribution in [2.75, 3.05) is 5.32 Å². The summed E-state index contributed by atoms with van der Waals surface area (Å²) in [5.74, 6) is 0.0174. The van der Waals surface area contributed by atoms with Crippen molar-refractivity contribution in [3.05, 3.63) is 24.1 Å². The molecule has 2 rings (SSSR count). The van der Waals surface area contributed by atoms with Crippen LogP contribution in [0.4, 0.5) is 10.2 Å². The predicted octanol–water partition coefficient (Wildman–Crippen LogP) is 2.29. The maximum Gasteiger partial charge on any atom is 0.165 e. The summed E-state index contributed by atoms with van der Waals surface area (Å²) < 4.78 is 13.4. The van der Waals surface area contributed by atoms with Crippen LogP contribution in [0.25, 0.3) is 0 Å². The molecule has 1 saturated carbocycles. The van der Waals surface area contributed by atoms with E-state index in [9.17, 15) is 4.39 Å². The minimum absolute atomic E-state index is 0.101. The second kappa shape index (κ2) is 5.25. The van der Waals surface area contributed by atoms with Crippen molar-refractivity contribution in [3.8, 4) is 0 Å². The molecular formula is C12H18FN3. The first-order valence-electron chi connectivity index (χ1n) is 5.90. The number of aromatic nitrogens is 1. The Bertz CT molecular complexity index is 343. The fourth-order valence-electron chi connectivity index (χ4n) is 2.18. The molecule has 0 aromatic carbocycles. The first-order chi connectivity index (χ1) is 7.77. The van der Waals surface area contributed by atoms with Gasteiger partial charge in [-0.1, -0.05) is 19.3 Å². The Morgan fingerprint density at radius 1 is 1.31 bits per heavy atom. The topological polar surface area (TPSA) is 50.9 Å². The summed E-state index contributed by atoms with van der Waals surface area (Å²) in [4.78, 5) is 4.00. The fraction of sp³-hybridized carbons (Fsp3) is 0.583. The van der Waals surface area contributed by atoms with Gasteiger partial charge < -0.3 is 11.1 Å². The summed E-state index contributed by atoms with van der Waals surface area (Å²) in [6.07, 6.45) is 7.14. The number of hydrogen-bond acceptors (Lipinski definition) is 3. The van der Waals surface area contributed by atoms with E-state index in [-0.39, 0.29) is 17.9 Å².